The van der Waals surface area contributed by atoms with Crippen LogP contribution >= 0.6 is 11.6 Å². The summed E-state index contributed by atoms with van der Waals surface area (Å²) in [6.07, 6.45) is 0. The number of rotatable bonds is 2. The molecule has 2 aromatic heterocycles. The van der Waals surface area contributed by atoms with Gasteiger partial charge in [0, 0.05) is 5.69 Å². The molecule has 0 spiro atoms. The van der Waals surface area contributed by atoms with Crippen LogP contribution in [0.1, 0.15) is 16.8 Å². The molecule has 2 amide bonds. The Kier molecular flexibility index (Phi) is 4.06. The van der Waals surface area contributed by atoms with Crippen molar-refractivity contribution in [2.75, 3.05) is 10.6 Å². The first-order valence-corrected chi connectivity index (χ1v) is 7.37. The van der Waals surface area contributed by atoms with Gasteiger partial charge >= 0.3 is 6.03 Å². The Morgan fingerprint density at radius 2 is 1.96 bits per heavy atom. The van der Waals surface area contributed by atoms with Gasteiger partial charge in [0.25, 0.3) is 5.71 Å². The summed E-state index contributed by atoms with van der Waals surface area (Å²) in [5.41, 5.74) is 2.72. The molecule has 24 heavy (non-hydrogen) atoms. The van der Waals surface area contributed by atoms with E-state index >= 15 is 0 Å². The van der Waals surface area contributed by atoms with Crippen molar-refractivity contribution < 1.29 is 9.32 Å². The molecule has 120 valence electrons. The molecule has 0 aliphatic rings. The number of carbonyl (C=O) groups excluding carboxylic acids is 1. The number of aromatic nitrogens is 2. The predicted molar refractivity (Wildman–Crippen MR) is 90.1 cm³/mol. The van der Waals surface area contributed by atoms with Crippen molar-refractivity contribution in [3.8, 4) is 6.07 Å². The van der Waals surface area contributed by atoms with Crippen LogP contribution in [0.5, 0.6) is 0 Å². The summed E-state index contributed by atoms with van der Waals surface area (Å²) in [5.74, 6) is 0.239. The number of anilines is 2. The summed E-state index contributed by atoms with van der Waals surface area (Å²) in [7, 11) is 0. The van der Waals surface area contributed by atoms with E-state index in [0.717, 1.165) is 5.56 Å². The largest absolute Gasteiger partial charge is 0.334 e. The number of nitrogens with zero attached hydrogens (tertiary/aromatic N) is 3. The fraction of sp³-hybridized carbons (Fsp3) is 0.125. The molecule has 0 unspecified atom stereocenters. The summed E-state index contributed by atoms with van der Waals surface area (Å²) < 4.78 is 5.15. The van der Waals surface area contributed by atoms with Gasteiger partial charge in [0.2, 0.25) is 0 Å². The molecule has 1 aromatic carbocycles. The normalized spacial score (nSPS) is 10.4. The summed E-state index contributed by atoms with van der Waals surface area (Å²) in [6.45, 7) is 3.57. The molecule has 0 atom stereocenters. The Bertz CT molecular complexity index is 973. The predicted octanol–water partition coefficient (Wildman–Crippen LogP) is 4.01. The Labute approximate surface area is 142 Å². The van der Waals surface area contributed by atoms with E-state index in [1.165, 1.54) is 0 Å². The van der Waals surface area contributed by atoms with E-state index < -0.39 is 6.03 Å². The van der Waals surface area contributed by atoms with Crippen LogP contribution in [0.15, 0.2) is 28.8 Å². The standard InChI is InChI=1S/C16H12ClN5O2/c1-8-12-14(22-24-15(12)19-9(2)13(8)17)21-16(23)20-11-5-3-10(7-18)4-6-11/h3-6H,1-2H3,(H2,20,21,22,23). The van der Waals surface area contributed by atoms with E-state index in [4.69, 9.17) is 21.4 Å². The Hall–Kier alpha value is -3.11. The molecular formula is C16H12ClN5O2. The van der Waals surface area contributed by atoms with E-state index in [9.17, 15) is 4.79 Å². The third-order valence-electron chi connectivity index (χ3n) is 3.47. The Balaban J connectivity index is 1.83. The number of pyridine rings is 1. The lowest BCUT2D eigenvalue weighted by Gasteiger charge is -2.07. The molecule has 0 radical (unpaired) electrons. The number of benzene rings is 1. The zero-order valence-electron chi connectivity index (χ0n) is 12.8. The number of hydrogen-bond donors (Lipinski definition) is 2. The van der Waals surface area contributed by atoms with Crippen molar-refractivity contribution in [2.24, 2.45) is 0 Å². The van der Waals surface area contributed by atoms with Gasteiger partial charge in [-0.3, -0.25) is 5.32 Å². The fourth-order valence-corrected chi connectivity index (χ4v) is 2.40. The molecule has 0 fully saturated rings. The number of fused-ring (bicyclic) bond motifs is 1. The van der Waals surface area contributed by atoms with E-state index in [0.29, 0.717) is 33.1 Å². The zero-order valence-corrected chi connectivity index (χ0v) is 13.6. The van der Waals surface area contributed by atoms with Crippen LogP contribution in [-0.2, 0) is 0 Å². The van der Waals surface area contributed by atoms with Crippen LogP contribution in [0.25, 0.3) is 11.1 Å². The molecule has 0 bridgehead atoms. The Morgan fingerprint density at radius 3 is 2.62 bits per heavy atom. The molecule has 0 aliphatic carbocycles. The topological polar surface area (TPSA) is 104 Å². The molecule has 0 saturated heterocycles. The second kappa shape index (κ2) is 6.18. The maximum Gasteiger partial charge on any atom is 0.324 e. The van der Waals surface area contributed by atoms with Gasteiger partial charge in [0.05, 0.1) is 27.7 Å². The number of hydrogen-bond acceptors (Lipinski definition) is 5. The Morgan fingerprint density at radius 1 is 1.25 bits per heavy atom. The van der Waals surface area contributed by atoms with Gasteiger partial charge in [-0.15, -0.1) is 0 Å². The molecule has 3 aromatic rings. The van der Waals surface area contributed by atoms with Crippen molar-refractivity contribution in [1.29, 1.82) is 5.26 Å². The average Bonchev–Trinajstić information content (AvgIpc) is 2.95. The zero-order chi connectivity index (χ0) is 17.3. The van der Waals surface area contributed by atoms with Gasteiger partial charge in [-0.25, -0.2) is 9.78 Å². The van der Waals surface area contributed by atoms with Gasteiger partial charge in [0.15, 0.2) is 5.82 Å². The first-order valence-electron chi connectivity index (χ1n) is 7.00. The summed E-state index contributed by atoms with van der Waals surface area (Å²) in [6, 6.07) is 8.00. The first-order chi connectivity index (χ1) is 11.5. The van der Waals surface area contributed by atoms with Gasteiger partial charge < -0.3 is 9.84 Å². The lowest BCUT2D eigenvalue weighted by molar-refractivity contribution is 0.262. The second-order valence-electron chi connectivity index (χ2n) is 5.12. The average molecular weight is 342 g/mol. The molecule has 0 saturated carbocycles. The molecule has 8 heteroatoms. The molecule has 0 aliphatic heterocycles. The van der Waals surface area contributed by atoms with Crippen LogP contribution in [0, 0.1) is 25.2 Å². The number of aryl methyl sites for hydroxylation is 2. The molecule has 3 rings (SSSR count). The highest BCUT2D eigenvalue weighted by molar-refractivity contribution is 6.33. The van der Waals surface area contributed by atoms with Crippen molar-refractivity contribution in [1.82, 2.24) is 10.1 Å². The lowest BCUT2D eigenvalue weighted by Crippen LogP contribution is -2.19. The SMILES string of the molecule is Cc1nc2onc(NC(=O)Nc3ccc(C#N)cc3)c2c(C)c1Cl. The lowest BCUT2D eigenvalue weighted by atomic mass is 10.2. The van der Waals surface area contributed by atoms with Gasteiger partial charge in [-0.1, -0.05) is 16.8 Å². The number of halogens is 1. The van der Waals surface area contributed by atoms with Crippen LogP contribution < -0.4 is 10.6 Å². The van der Waals surface area contributed by atoms with E-state index in [2.05, 4.69) is 20.8 Å². The summed E-state index contributed by atoms with van der Waals surface area (Å²) in [4.78, 5) is 16.3. The summed E-state index contributed by atoms with van der Waals surface area (Å²) in [5, 5.41) is 18.9. The van der Waals surface area contributed by atoms with E-state index in [-0.39, 0.29) is 5.82 Å². The minimum Gasteiger partial charge on any atom is -0.334 e. The number of nitrogens with one attached hydrogen (secondary N) is 2. The number of nitriles is 1. The minimum atomic E-state index is -0.494. The first kappa shape index (κ1) is 15.8. The third-order valence-corrected chi connectivity index (χ3v) is 4.03. The quantitative estimate of drug-likeness (QED) is 0.732. The van der Waals surface area contributed by atoms with Gasteiger partial charge in [0.1, 0.15) is 0 Å². The van der Waals surface area contributed by atoms with E-state index in [1.807, 2.05) is 6.07 Å². The fourth-order valence-electron chi connectivity index (χ4n) is 2.26. The van der Waals surface area contributed by atoms with Gasteiger partial charge in [-0.2, -0.15) is 5.26 Å². The number of amides is 2. The molecular weight excluding hydrogens is 330 g/mol. The molecule has 2 N–H and O–H groups in total. The maximum absolute atomic E-state index is 12.1. The number of urea groups is 1. The molecule has 2 heterocycles. The van der Waals surface area contributed by atoms with Crippen LogP contribution in [0.2, 0.25) is 5.02 Å². The third kappa shape index (κ3) is 2.87. The van der Waals surface area contributed by atoms with Crippen molar-refractivity contribution >= 4 is 40.2 Å². The monoisotopic (exact) mass is 341 g/mol. The highest BCUT2D eigenvalue weighted by Gasteiger charge is 2.18. The number of carbonyl (C=O) groups is 1. The highest BCUT2D eigenvalue weighted by Crippen LogP contribution is 2.31. The van der Waals surface area contributed by atoms with Crippen molar-refractivity contribution in [2.45, 2.75) is 13.8 Å². The highest BCUT2D eigenvalue weighted by atomic mass is 35.5. The molecule has 7 nitrogen and oxygen atoms in total. The minimum absolute atomic E-state index is 0.239. The van der Waals surface area contributed by atoms with Crippen LogP contribution in [0.4, 0.5) is 16.3 Å². The summed E-state index contributed by atoms with van der Waals surface area (Å²) >= 11 is 6.19. The van der Waals surface area contributed by atoms with Crippen molar-refractivity contribution in [3.05, 3.63) is 46.1 Å². The van der Waals surface area contributed by atoms with Crippen LogP contribution in [0.3, 0.4) is 0 Å². The van der Waals surface area contributed by atoms with Crippen molar-refractivity contribution in [3.63, 3.8) is 0 Å². The maximum atomic E-state index is 12.1. The smallest absolute Gasteiger partial charge is 0.324 e. The van der Waals surface area contributed by atoms with Gasteiger partial charge in [-0.05, 0) is 43.7 Å². The second-order valence-corrected chi connectivity index (χ2v) is 5.49. The van der Waals surface area contributed by atoms with Crippen LogP contribution in [-0.4, -0.2) is 16.2 Å². The van der Waals surface area contributed by atoms with E-state index in [1.54, 1.807) is 38.1 Å².